The zero-order chi connectivity index (χ0) is 20.6. The van der Waals surface area contributed by atoms with E-state index in [-0.39, 0.29) is 11.9 Å². The minimum Gasteiger partial charge on any atom is -0.497 e. The second kappa shape index (κ2) is 9.93. The Labute approximate surface area is 171 Å². The summed E-state index contributed by atoms with van der Waals surface area (Å²) in [5.41, 5.74) is 2.66. The van der Waals surface area contributed by atoms with Crippen molar-refractivity contribution in [1.29, 1.82) is 0 Å². The summed E-state index contributed by atoms with van der Waals surface area (Å²) >= 11 is 0. The number of urea groups is 1. The molecule has 1 fully saturated rings. The number of nitrogens with zero attached hydrogens (tertiary/aromatic N) is 2. The first kappa shape index (κ1) is 20.7. The van der Waals surface area contributed by atoms with Crippen LogP contribution in [0, 0.1) is 0 Å². The summed E-state index contributed by atoms with van der Waals surface area (Å²) in [4.78, 5) is 27.9. The van der Waals surface area contributed by atoms with Gasteiger partial charge in [-0.1, -0.05) is 12.1 Å². The molecule has 0 aromatic heterocycles. The number of amides is 3. The first-order valence-corrected chi connectivity index (χ1v) is 9.82. The van der Waals surface area contributed by atoms with Crippen molar-refractivity contribution >= 4 is 23.3 Å². The fourth-order valence-electron chi connectivity index (χ4n) is 3.36. The molecule has 2 aromatic carbocycles. The highest BCUT2D eigenvalue weighted by molar-refractivity contribution is 5.91. The van der Waals surface area contributed by atoms with Crippen LogP contribution in [-0.4, -0.2) is 55.0 Å². The highest BCUT2D eigenvalue weighted by Crippen LogP contribution is 2.16. The van der Waals surface area contributed by atoms with Gasteiger partial charge in [-0.15, -0.1) is 0 Å². The maximum absolute atomic E-state index is 12.6. The third-order valence-electron chi connectivity index (χ3n) is 4.90. The van der Waals surface area contributed by atoms with Crippen LogP contribution in [-0.2, 0) is 11.3 Å². The van der Waals surface area contributed by atoms with Gasteiger partial charge in [-0.2, -0.15) is 0 Å². The standard InChI is InChI=1S/C22H28N4O3/c1-17(27)23-19-6-8-20(9-7-19)24-22(28)26-13-3-12-25(14-15-26)16-18-4-10-21(29-2)11-5-18/h4-11H,3,12-16H2,1-2H3,(H,23,27)(H,24,28). The Bertz CT molecular complexity index is 821. The molecule has 1 aliphatic rings. The maximum Gasteiger partial charge on any atom is 0.321 e. The van der Waals surface area contributed by atoms with Crippen molar-refractivity contribution in [2.75, 3.05) is 43.9 Å². The largest absolute Gasteiger partial charge is 0.497 e. The highest BCUT2D eigenvalue weighted by Gasteiger charge is 2.19. The summed E-state index contributed by atoms with van der Waals surface area (Å²) < 4.78 is 5.21. The molecule has 3 rings (SSSR count). The zero-order valence-electron chi connectivity index (χ0n) is 17.0. The van der Waals surface area contributed by atoms with Gasteiger partial charge in [0.05, 0.1) is 7.11 Å². The van der Waals surface area contributed by atoms with Gasteiger partial charge in [0, 0.05) is 51.0 Å². The van der Waals surface area contributed by atoms with Gasteiger partial charge in [-0.25, -0.2) is 4.79 Å². The first-order valence-electron chi connectivity index (χ1n) is 9.82. The van der Waals surface area contributed by atoms with E-state index >= 15 is 0 Å². The molecule has 0 aliphatic carbocycles. The molecule has 2 N–H and O–H groups in total. The lowest BCUT2D eigenvalue weighted by molar-refractivity contribution is -0.114. The number of anilines is 2. The van der Waals surface area contributed by atoms with Crippen LogP contribution in [0.2, 0.25) is 0 Å². The first-order chi connectivity index (χ1) is 14.0. The minimum atomic E-state index is -0.120. The monoisotopic (exact) mass is 396 g/mol. The zero-order valence-corrected chi connectivity index (χ0v) is 17.0. The van der Waals surface area contributed by atoms with Crippen molar-refractivity contribution in [3.05, 3.63) is 54.1 Å². The molecule has 1 aliphatic heterocycles. The van der Waals surface area contributed by atoms with E-state index in [2.05, 4.69) is 27.7 Å². The van der Waals surface area contributed by atoms with Crippen molar-refractivity contribution in [1.82, 2.24) is 9.80 Å². The second-order valence-electron chi connectivity index (χ2n) is 7.15. The molecule has 29 heavy (non-hydrogen) atoms. The van der Waals surface area contributed by atoms with E-state index in [0.29, 0.717) is 17.9 Å². The van der Waals surface area contributed by atoms with Crippen LogP contribution in [0.15, 0.2) is 48.5 Å². The normalized spacial score (nSPS) is 14.8. The van der Waals surface area contributed by atoms with Crippen LogP contribution in [0.25, 0.3) is 0 Å². The lowest BCUT2D eigenvalue weighted by Gasteiger charge is -2.22. The van der Waals surface area contributed by atoms with Gasteiger partial charge in [-0.05, 0) is 48.4 Å². The number of carbonyl (C=O) groups excluding carboxylic acids is 2. The average Bonchev–Trinajstić information content (AvgIpc) is 2.95. The van der Waals surface area contributed by atoms with Crippen molar-refractivity contribution < 1.29 is 14.3 Å². The van der Waals surface area contributed by atoms with Crippen molar-refractivity contribution in [2.24, 2.45) is 0 Å². The van der Waals surface area contributed by atoms with Gasteiger partial charge in [0.25, 0.3) is 0 Å². The van der Waals surface area contributed by atoms with E-state index in [0.717, 1.165) is 38.3 Å². The van der Waals surface area contributed by atoms with Gasteiger partial charge >= 0.3 is 6.03 Å². The van der Waals surface area contributed by atoms with Crippen LogP contribution < -0.4 is 15.4 Å². The van der Waals surface area contributed by atoms with Gasteiger partial charge in [-0.3, -0.25) is 9.69 Å². The number of hydrogen-bond acceptors (Lipinski definition) is 4. The quantitative estimate of drug-likeness (QED) is 0.812. The average molecular weight is 396 g/mol. The summed E-state index contributed by atoms with van der Waals surface area (Å²) in [5, 5.41) is 5.65. The molecular weight excluding hydrogens is 368 g/mol. The van der Waals surface area contributed by atoms with E-state index in [1.165, 1.54) is 12.5 Å². The number of benzene rings is 2. The Hall–Kier alpha value is -3.06. The van der Waals surface area contributed by atoms with Crippen LogP contribution in [0.4, 0.5) is 16.2 Å². The van der Waals surface area contributed by atoms with Gasteiger partial charge in [0.2, 0.25) is 5.91 Å². The third kappa shape index (κ3) is 6.22. The molecule has 0 radical (unpaired) electrons. The topological polar surface area (TPSA) is 73.9 Å². The summed E-state index contributed by atoms with van der Waals surface area (Å²) in [5.74, 6) is 0.739. The van der Waals surface area contributed by atoms with Crippen LogP contribution in [0.5, 0.6) is 5.75 Å². The Morgan fingerprint density at radius 2 is 1.55 bits per heavy atom. The molecule has 3 amide bonds. The predicted octanol–water partition coefficient (Wildman–Crippen LogP) is 3.39. The molecule has 0 unspecified atom stereocenters. The number of carbonyl (C=O) groups is 2. The summed E-state index contributed by atoms with van der Waals surface area (Å²) in [6.07, 6.45) is 0.936. The molecular formula is C22H28N4O3. The van der Waals surface area contributed by atoms with Crippen molar-refractivity contribution in [2.45, 2.75) is 19.9 Å². The second-order valence-corrected chi connectivity index (χ2v) is 7.15. The molecule has 2 aromatic rings. The Kier molecular flexibility index (Phi) is 7.08. The smallest absolute Gasteiger partial charge is 0.321 e. The van der Waals surface area contributed by atoms with Crippen molar-refractivity contribution in [3.63, 3.8) is 0 Å². The van der Waals surface area contributed by atoms with E-state index in [4.69, 9.17) is 4.74 Å². The molecule has 1 saturated heterocycles. The maximum atomic E-state index is 12.6. The fourth-order valence-corrected chi connectivity index (χ4v) is 3.36. The number of rotatable bonds is 5. The van der Waals surface area contributed by atoms with Gasteiger partial charge in [0.15, 0.2) is 0 Å². The third-order valence-corrected chi connectivity index (χ3v) is 4.90. The van der Waals surface area contributed by atoms with Crippen LogP contribution in [0.1, 0.15) is 18.9 Å². The fraction of sp³-hybridized carbons (Fsp3) is 0.364. The molecule has 0 atom stereocenters. The lowest BCUT2D eigenvalue weighted by Crippen LogP contribution is -2.38. The number of methoxy groups -OCH3 is 1. The van der Waals surface area contributed by atoms with Crippen LogP contribution in [0.3, 0.4) is 0 Å². The van der Waals surface area contributed by atoms with E-state index in [1.807, 2.05) is 17.0 Å². The Morgan fingerprint density at radius 3 is 2.17 bits per heavy atom. The van der Waals surface area contributed by atoms with Gasteiger partial charge in [0.1, 0.15) is 5.75 Å². The van der Waals surface area contributed by atoms with E-state index in [9.17, 15) is 9.59 Å². The molecule has 7 nitrogen and oxygen atoms in total. The summed E-state index contributed by atoms with van der Waals surface area (Å²) in [6, 6.07) is 15.1. The number of nitrogens with one attached hydrogen (secondary N) is 2. The molecule has 0 bridgehead atoms. The van der Waals surface area contributed by atoms with E-state index < -0.39 is 0 Å². The lowest BCUT2D eigenvalue weighted by atomic mass is 10.2. The van der Waals surface area contributed by atoms with Crippen molar-refractivity contribution in [3.8, 4) is 5.75 Å². The Balaban J connectivity index is 1.50. The van der Waals surface area contributed by atoms with Crippen LogP contribution >= 0.6 is 0 Å². The predicted molar refractivity (Wildman–Crippen MR) is 114 cm³/mol. The molecule has 7 heteroatoms. The van der Waals surface area contributed by atoms with Gasteiger partial charge < -0.3 is 20.3 Å². The molecule has 0 saturated carbocycles. The minimum absolute atomic E-state index is 0.0939. The highest BCUT2D eigenvalue weighted by atomic mass is 16.5. The summed E-state index contributed by atoms with van der Waals surface area (Å²) in [7, 11) is 1.67. The number of hydrogen-bond donors (Lipinski definition) is 2. The summed E-state index contributed by atoms with van der Waals surface area (Å²) in [6.45, 7) is 5.54. The van der Waals surface area contributed by atoms with E-state index in [1.54, 1.807) is 31.4 Å². The molecule has 154 valence electrons. The molecule has 1 heterocycles. The molecule has 0 spiro atoms. The SMILES string of the molecule is COc1ccc(CN2CCCN(C(=O)Nc3ccc(NC(C)=O)cc3)CC2)cc1. The Morgan fingerprint density at radius 1 is 0.897 bits per heavy atom. The number of ether oxygens (including phenoxy) is 1.